The van der Waals surface area contributed by atoms with Gasteiger partial charge in [0.15, 0.2) is 5.82 Å². The minimum atomic E-state index is 0.0214. The first-order chi connectivity index (χ1) is 13.5. The predicted octanol–water partition coefficient (Wildman–Crippen LogP) is 2.89. The molecule has 3 atom stereocenters. The fourth-order valence-electron chi connectivity index (χ4n) is 4.06. The van der Waals surface area contributed by atoms with Gasteiger partial charge in [0.1, 0.15) is 23.2 Å². The Morgan fingerprint density at radius 2 is 2.25 bits per heavy atom. The van der Waals surface area contributed by atoms with E-state index in [4.69, 9.17) is 9.72 Å². The summed E-state index contributed by atoms with van der Waals surface area (Å²) in [7, 11) is 3.82. The maximum Gasteiger partial charge on any atom is 0.260 e. The molecule has 0 radical (unpaired) electrons. The molecule has 0 bridgehead atoms. The number of hydrogen-bond donors (Lipinski definition) is 2. The zero-order valence-electron chi connectivity index (χ0n) is 17.0. The Kier molecular flexibility index (Phi) is 5.25. The summed E-state index contributed by atoms with van der Waals surface area (Å²) in [5.41, 5.74) is 2.46. The van der Waals surface area contributed by atoms with Gasteiger partial charge in [0, 0.05) is 10.4 Å². The van der Waals surface area contributed by atoms with E-state index in [1.54, 1.807) is 18.4 Å². The first-order valence-electron chi connectivity index (χ1n) is 9.96. The lowest BCUT2D eigenvalue weighted by Gasteiger charge is -2.21. The van der Waals surface area contributed by atoms with Crippen LogP contribution in [-0.2, 0) is 19.4 Å². The molecular weight excluding hydrogens is 370 g/mol. The molecule has 6 heteroatoms. The number of thiophene rings is 1. The third-order valence-corrected chi connectivity index (χ3v) is 7.10. The molecule has 1 aliphatic rings. The van der Waals surface area contributed by atoms with Crippen LogP contribution in [0.25, 0.3) is 10.2 Å². The van der Waals surface area contributed by atoms with Crippen LogP contribution >= 0.6 is 11.3 Å². The molecule has 0 amide bonds. The average Bonchev–Trinajstić information content (AvgIpc) is 3.05. The van der Waals surface area contributed by atoms with Gasteiger partial charge >= 0.3 is 0 Å². The molecule has 4 rings (SSSR count). The van der Waals surface area contributed by atoms with Crippen molar-refractivity contribution in [2.45, 2.75) is 45.7 Å². The lowest BCUT2D eigenvalue weighted by molar-refractivity contribution is -0.924. The van der Waals surface area contributed by atoms with Crippen molar-refractivity contribution >= 4 is 21.6 Å². The van der Waals surface area contributed by atoms with Crippen molar-refractivity contribution in [3.63, 3.8) is 0 Å². The van der Waals surface area contributed by atoms with Crippen molar-refractivity contribution in [2.75, 3.05) is 14.2 Å². The highest BCUT2D eigenvalue weighted by molar-refractivity contribution is 7.18. The molecule has 5 nitrogen and oxygen atoms in total. The molecular formula is C22H28N3O2S+. The molecule has 0 saturated heterocycles. The van der Waals surface area contributed by atoms with Gasteiger partial charge in [-0.3, -0.25) is 4.79 Å². The minimum Gasteiger partial charge on any atom is -0.497 e. The second kappa shape index (κ2) is 7.68. The Morgan fingerprint density at radius 1 is 1.43 bits per heavy atom. The van der Waals surface area contributed by atoms with Gasteiger partial charge in [-0.1, -0.05) is 19.1 Å². The summed E-state index contributed by atoms with van der Waals surface area (Å²) in [4.78, 5) is 24.4. The number of quaternary nitrogens is 1. The van der Waals surface area contributed by atoms with E-state index in [1.807, 2.05) is 12.1 Å². The van der Waals surface area contributed by atoms with E-state index in [0.29, 0.717) is 5.92 Å². The summed E-state index contributed by atoms with van der Waals surface area (Å²) >= 11 is 1.71. The highest BCUT2D eigenvalue weighted by Crippen LogP contribution is 2.35. The van der Waals surface area contributed by atoms with Crippen LogP contribution in [0.2, 0.25) is 0 Å². The highest BCUT2D eigenvalue weighted by Gasteiger charge is 2.25. The molecule has 0 fully saturated rings. The summed E-state index contributed by atoms with van der Waals surface area (Å²) < 4.78 is 5.33. The van der Waals surface area contributed by atoms with Gasteiger partial charge in [0.2, 0.25) is 0 Å². The van der Waals surface area contributed by atoms with Crippen molar-refractivity contribution in [3.05, 3.63) is 56.4 Å². The third kappa shape index (κ3) is 3.59. The number of aromatic nitrogens is 2. The largest absolute Gasteiger partial charge is 0.497 e. The Bertz CT molecular complexity index is 1060. The van der Waals surface area contributed by atoms with Crippen LogP contribution in [0.15, 0.2) is 29.1 Å². The molecule has 1 aromatic carbocycles. The van der Waals surface area contributed by atoms with Gasteiger partial charge in [-0.25, -0.2) is 4.98 Å². The van der Waals surface area contributed by atoms with Crippen LogP contribution in [0.1, 0.15) is 48.1 Å². The van der Waals surface area contributed by atoms with E-state index >= 15 is 0 Å². The zero-order valence-corrected chi connectivity index (χ0v) is 17.8. The zero-order chi connectivity index (χ0) is 19.8. The molecule has 148 valence electrons. The highest BCUT2D eigenvalue weighted by atomic mass is 32.1. The fraction of sp³-hybridized carbons (Fsp3) is 0.455. The van der Waals surface area contributed by atoms with Crippen LogP contribution in [0.5, 0.6) is 5.75 Å². The molecule has 28 heavy (non-hydrogen) atoms. The van der Waals surface area contributed by atoms with Crippen molar-refractivity contribution in [1.82, 2.24) is 9.97 Å². The molecule has 0 saturated carbocycles. The van der Waals surface area contributed by atoms with Gasteiger partial charge in [-0.2, -0.15) is 0 Å². The summed E-state index contributed by atoms with van der Waals surface area (Å²) in [5.74, 6) is 2.32. The number of H-pyrrole nitrogens is 1. The third-order valence-electron chi connectivity index (χ3n) is 5.95. The minimum absolute atomic E-state index is 0.0214. The van der Waals surface area contributed by atoms with Gasteiger partial charge in [-0.15, -0.1) is 11.3 Å². The summed E-state index contributed by atoms with van der Waals surface area (Å²) in [5, 5.41) is 0.827. The predicted molar refractivity (Wildman–Crippen MR) is 113 cm³/mol. The van der Waals surface area contributed by atoms with Gasteiger partial charge in [-0.05, 0) is 49.8 Å². The van der Waals surface area contributed by atoms with Crippen molar-refractivity contribution in [1.29, 1.82) is 0 Å². The number of ether oxygens (including phenoxy) is 1. The summed E-state index contributed by atoms with van der Waals surface area (Å²) in [6, 6.07) is 8.21. The lowest BCUT2D eigenvalue weighted by Crippen LogP contribution is -3.07. The smallest absolute Gasteiger partial charge is 0.260 e. The van der Waals surface area contributed by atoms with Crippen LogP contribution < -0.4 is 15.2 Å². The molecule has 1 aliphatic carbocycles. The number of hydrogen-bond acceptors (Lipinski definition) is 4. The van der Waals surface area contributed by atoms with Crippen molar-refractivity contribution in [2.24, 2.45) is 5.92 Å². The summed E-state index contributed by atoms with van der Waals surface area (Å²) in [6.07, 6.45) is 3.22. The quantitative estimate of drug-likeness (QED) is 0.695. The molecule has 2 aromatic heterocycles. The number of rotatable bonds is 5. The van der Waals surface area contributed by atoms with E-state index < -0.39 is 0 Å². The number of aryl methyl sites for hydroxylation is 1. The van der Waals surface area contributed by atoms with E-state index in [1.165, 1.54) is 20.9 Å². The monoisotopic (exact) mass is 398 g/mol. The first-order valence-corrected chi connectivity index (χ1v) is 10.8. The maximum atomic E-state index is 12.9. The van der Waals surface area contributed by atoms with E-state index in [-0.39, 0.29) is 11.6 Å². The Labute approximate surface area is 169 Å². The number of aromatic amines is 1. The number of nitrogens with one attached hydrogen (secondary N) is 2. The standard InChI is InChI=1S/C22H27N3O2S/c1-13-8-9-17-18(10-13)28-22-19(17)21(26)23-20(24-22)14(2)25(3)12-15-6-5-7-16(11-15)27-4/h5-7,11,13-14H,8-10,12H2,1-4H3,(H,23,24,26)/p+1/t13-,14-/m0/s1. The number of nitrogens with zero attached hydrogens (tertiary/aromatic N) is 1. The average molecular weight is 399 g/mol. The molecule has 2 N–H and O–H groups in total. The first kappa shape index (κ1) is 19.2. The summed E-state index contributed by atoms with van der Waals surface area (Å²) in [6.45, 7) is 5.24. The normalized spacial score (nSPS) is 18.6. The lowest BCUT2D eigenvalue weighted by atomic mass is 9.89. The Morgan fingerprint density at radius 3 is 3.04 bits per heavy atom. The second-order valence-corrected chi connectivity index (χ2v) is 9.16. The van der Waals surface area contributed by atoms with Crippen molar-refractivity contribution in [3.8, 4) is 5.75 Å². The van der Waals surface area contributed by atoms with Gasteiger partial charge in [0.25, 0.3) is 5.56 Å². The van der Waals surface area contributed by atoms with Crippen LogP contribution in [0, 0.1) is 5.92 Å². The number of benzene rings is 1. The molecule has 0 aliphatic heterocycles. The molecule has 1 unspecified atom stereocenters. The van der Waals surface area contributed by atoms with Crippen LogP contribution in [0.4, 0.5) is 0 Å². The number of fused-ring (bicyclic) bond motifs is 3. The Hall–Kier alpha value is -2.18. The molecule has 3 aromatic rings. The Balaban J connectivity index is 1.62. The fourth-order valence-corrected chi connectivity index (χ4v) is 5.45. The molecule has 2 heterocycles. The van der Waals surface area contributed by atoms with Gasteiger partial charge in [0.05, 0.1) is 19.5 Å². The topological polar surface area (TPSA) is 59.4 Å². The van der Waals surface area contributed by atoms with Crippen LogP contribution in [0.3, 0.4) is 0 Å². The van der Waals surface area contributed by atoms with Crippen molar-refractivity contribution < 1.29 is 9.64 Å². The molecule has 0 spiro atoms. The SMILES string of the molecule is COc1cccc(C[NH+](C)[C@@H](C)c2nc3sc4c(c3c(=O)[nH]2)CC[C@H](C)C4)c1. The second-order valence-electron chi connectivity index (χ2n) is 8.08. The van der Waals surface area contributed by atoms with E-state index in [0.717, 1.165) is 47.6 Å². The van der Waals surface area contributed by atoms with Crippen LogP contribution in [-0.4, -0.2) is 24.1 Å². The van der Waals surface area contributed by atoms with E-state index in [9.17, 15) is 4.79 Å². The van der Waals surface area contributed by atoms with E-state index in [2.05, 4.69) is 38.0 Å². The maximum absolute atomic E-state index is 12.9. The van der Waals surface area contributed by atoms with Gasteiger partial charge < -0.3 is 14.6 Å². The number of methoxy groups -OCH3 is 1.